The summed E-state index contributed by atoms with van der Waals surface area (Å²) in [6, 6.07) is 6.72. The number of primary amides is 1. The number of benzene rings is 1. The Hall–Kier alpha value is -1.55. The second kappa shape index (κ2) is 7.14. The lowest BCUT2D eigenvalue weighted by atomic mass is 9.94. The van der Waals surface area contributed by atoms with Crippen LogP contribution in [0.25, 0.3) is 0 Å². The smallest absolute Gasteiger partial charge is 0.222 e. The van der Waals surface area contributed by atoms with Crippen LogP contribution in [-0.4, -0.2) is 25.1 Å². The molecule has 0 spiro atoms. The number of nitrogens with one attached hydrogen (secondary N) is 1. The van der Waals surface area contributed by atoms with Gasteiger partial charge in [0, 0.05) is 12.5 Å². The average molecular weight is 302 g/mol. The third-order valence-electron chi connectivity index (χ3n) is 4.96. The molecule has 1 fully saturated rings. The first-order chi connectivity index (χ1) is 10.7. The van der Waals surface area contributed by atoms with Gasteiger partial charge in [0.15, 0.2) is 0 Å². The predicted octanol–water partition coefficient (Wildman–Crippen LogP) is 2.19. The molecule has 1 saturated carbocycles. The summed E-state index contributed by atoms with van der Waals surface area (Å²) in [4.78, 5) is 11.6. The van der Waals surface area contributed by atoms with Crippen LogP contribution in [0.2, 0.25) is 0 Å². The molecule has 0 bridgehead atoms. The lowest BCUT2D eigenvalue weighted by Crippen LogP contribution is -2.42. The van der Waals surface area contributed by atoms with E-state index < -0.39 is 0 Å². The van der Waals surface area contributed by atoms with Gasteiger partial charge in [-0.3, -0.25) is 4.79 Å². The van der Waals surface area contributed by atoms with Crippen LogP contribution in [0.15, 0.2) is 18.2 Å². The SMILES string of the molecule is NC(=O)[C@@H]1CCCCC[C@H]1NCCc1ccc2c(c1)CCO2. The van der Waals surface area contributed by atoms with Gasteiger partial charge >= 0.3 is 0 Å². The van der Waals surface area contributed by atoms with Crippen molar-refractivity contribution in [3.8, 4) is 5.75 Å². The molecule has 0 radical (unpaired) electrons. The van der Waals surface area contributed by atoms with Gasteiger partial charge in [0.2, 0.25) is 5.91 Å². The van der Waals surface area contributed by atoms with E-state index in [1.54, 1.807) is 0 Å². The predicted molar refractivity (Wildman–Crippen MR) is 86.9 cm³/mol. The molecule has 2 aliphatic rings. The number of rotatable bonds is 5. The highest BCUT2D eigenvalue weighted by molar-refractivity contribution is 5.77. The first-order valence-corrected chi connectivity index (χ1v) is 8.51. The summed E-state index contributed by atoms with van der Waals surface area (Å²) in [5, 5.41) is 3.58. The molecular formula is C18H26N2O2. The van der Waals surface area contributed by atoms with Gasteiger partial charge in [-0.25, -0.2) is 0 Å². The molecule has 120 valence electrons. The van der Waals surface area contributed by atoms with Gasteiger partial charge in [0.1, 0.15) is 5.75 Å². The molecule has 1 aliphatic heterocycles. The minimum Gasteiger partial charge on any atom is -0.493 e. The molecule has 0 aromatic heterocycles. The Morgan fingerprint density at radius 2 is 2.14 bits per heavy atom. The molecular weight excluding hydrogens is 276 g/mol. The third-order valence-corrected chi connectivity index (χ3v) is 4.96. The molecule has 2 atom stereocenters. The number of nitrogens with two attached hydrogens (primary N) is 1. The van der Waals surface area contributed by atoms with E-state index in [-0.39, 0.29) is 17.9 Å². The van der Waals surface area contributed by atoms with Gasteiger partial charge in [-0.05, 0) is 43.0 Å². The van der Waals surface area contributed by atoms with Crippen LogP contribution in [0.1, 0.15) is 43.2 Å². The Morgan fingerprint density at radius 1 is 1.27 bits per heavy atom. The summed E-state index contributed by atoms with van der Waals surface area (Å²) in [5.41, 5.74) is 8.23. The molecule has 4 heteroatoms. The zero-order valence-corrected chi connectivity index (χ0v) is 13.1. The van der Waals surface area contributed by atoms with Crippen molar-refractivity contribution in [1.82, 2.24) is 5.32 Å². The molecule has 0 unspecified atom stereocenters. The van der Waals surface area contributed by atoms with Crippen molar-refractivity contribution in [3.63, 3.8) is 0 Å². The van der Waals surface area contributed by atoms with E-state index in [2.05, 4.69) is 23.5 Å². The molecule has 1 aliphatic carbocycles. The third kappa shape index (κ3) is 3.61. The summed E-state index contributed by atoms with van der Waals surface area (Å²) in [7, 11) is 0. The molecule has 4 nitrogen and oxygen atoms in total. The van der Waals surface area contributed by atoms with E-state index in [9.17, 15) is 4.79 Å². The second-order valence-corrected chi connectivity index (χ2v) is 6.50. The van der Waals surface area contributed by atoms with Crippen LogP contribution >= 0.6 is 0 Å². The maximum Gasteiger partial charge on any atom is 0.222 e. The standard InChI is InChI=1S/C18H26N2O2/c19-18(21)15-4-2-1-3-5-16(15)20-10-8-13-6-7-17-14(12-13)9-11-22-17/h6-7,12,15-16,20H,1-5,8-11H2,(H2,19,21)/t15-,16-/m1/s1. The Bertz CT molecular complexity index is 530. The highest BCUT2D eigenvalue weighted by Gasteiger charge is 2.27. The fourth-order valence-electron chi connectivity index (χ4n) is 3.69. The molecule has 3 rings (SSSR count). The Kier molecular flexibility index (Phi) is 4.98. The molecule has 0 saturated heterocycles. The molecule has 1 amide bonds. The van der Waals surface area contributed by atoms with E-state index in [4.69, 9.17) is 10.5 Å². The van der Waals surface area contributed by atoms with Crippen LogP contribution in [-0.2, 0) is 17.6 Å². The first kappa shape index (κ1) is 15.3. The minimum absolute atomic E-state index is 0.00378. The number of carbonyl (C=O) groups excluding carboxylic acids is 1. The van der Waals surface area contributed by atoms with Crippen molar-refractivity contribution in [2.24, 2.45) is 11.7 Å². The number of amides is 1. The number of hydrogen-bond donors (Lipinski definition) is 2. The van der Waals surface area contributed by atoms with Crippen molar-refractivity contribution in [2.75, 3.05) is 13.2 Å². The van der Waals surface area contributed by atoms with Gasteiger partial charge < -0.3 is 15.8 Å². The highest BCUT2D eigenvalue weighted by atomic mass is 16.5. The van der Waals surface area contributed by atoms with Crippen molar-refractivity contribution in [3.05, 3.63) is 29.3 Å². The number of carbonyl (C=O) groups is 1. The minimum atomic E-state index is -0.144. The summed E-state index contributed by atoms with van der Waals surface area (Å²) in [5.74, 6) is 0.888. The fourth-order valence-corrected chi connectivity index (χ4v) is 3.69. The quantitative estimate of drug-likeness (QED) is 0.820. The van der Waals surface area contributed by atoms with Gasteiger partial charge in [-0.2, -0.15) is 0 Å². The van der Waals surface area contributed by atoms with Crippen LogP contribution in [0, 0.1) is 5.92 Å². The number of hydrogen-bond acceptors (Lipinski definition) is 3. The largest absolute Gasteiger partial charge is 0.493 e. The van der Waals surface area contributed by atoms with Gasteiger partial charge in [-0.1, -0.05) is 31.4 Å². The number of ether oxygens (including phenoxy) is 1. The summed E-state index contributed by atoms with van der Waals surface area (Å²) < 4.78 is 5.54. The zero-order chi connectivity index (χ0) is 15.4. The monoisotopic (exact) mass is 302 g/mol. The highest BCUT2D eigenvalue weighted by Crippen LogP contribution is 2.26. The average Bonchev–Trinajstić information content (AvgIpc) is 2.84. The van der Waals surface area contributed by atoms with Crippen molar-refractivity contribution >= 4 is 5.91 Å². The molecule has 1 aromatic rings. The Morgan fingerprint density at radius 3 is 3.00 bits per heavy atom. The van der Waals surface area contributed by atoms with Crippen molar-refractivity contribution in [1.29, 1.82) is 0 Å². The van der Waals surface area contributed by atoms with Crippen molar-refractivity contribution in [2.45, 2.75) is 51.0 Å². The maximum atomic E-state index is 11.6. The van der Waals surface area contributed by atoms with E-state index in [1.165, 1.54) is 24.0 Å². The first-order valence-electron chi connectivity index (χ1n) is 8.51. The topological polar surface area (TPSA) is 64.4 Å². The van der Waals surface area contributed by atoms with Gasteiger partial charge in [-0.15, -0.1) is 0 Å². The fraction of sp³-hybridized carbons (Fsp3) is 0.611. The zero-order valence-electron chi connectivity index (χ0n) is 13.1. The van der Waals surface area contributed by atoms with Crippen LogP contribution in [0.4, 0.5) is 0 Å². The Labute approximate surface area is 132 Å². The van der Waals surface area contributed by atoms with E-state index in [1.807, 2.05) is 0 Å². The van der Waals surface area contributed by atoms with Crippen LogP contribution in [0.5, 0.6) is 5.75 Å². The molecule has 1 heterocycles. The lowest BCUT2D eigenvalue weighted by molar-refractivity contribution is -0.122. The number of fused-ring (bicyclic) bond motifs is 1. The van der Waals surface area contributed by atoms with E-state index in [0.717, 1.165) is 51.0 Å². The molecule has 3 N–H and O–H groups in total. The van der Waals surface area contributed by atoms with Crippen LogP contribution < -0.4 is 15.8 Å². The van der Waals surface area contributed by atoms with Gasteiger partial charge in [0.25, 0.3) is 0 Å². The normalized spacial score (nSPS) is 24.4. The maximum absolute atomic E-state index is 11.6. The van der Waals surface area contributed by atoms with E-state index in [0.29, 0.717) is 0 Å². The summed E-state index contributed by atoms with van der Waals surface area (Å²) in [6.07, 6.45) is 7.52. The molecule has 22 heavy (non-hydrogen) atoms. The van der Waals surface area contributed by atoms with E-state index >= 15 is 0 Å². The van der Waals surface area contributed by atoms with Gasteiger partial charge in [0.05, 0.1) is 12.5 Å². The van der Waals surface area contributed by atoms with Crippen molar-refractivity contribution < 1.29 is 9.53 Å². The van der Waals surface area contributed by atoms with Crippen LogP contribution in [0.3, 0.4) is 0 Å². The Balaban J connectivity index is 1.54. The lowest BCUT2D eigenvalue weighted by Gasteiger charge is -2.23. The summed E-state index contributed by atoms with van der Waals surface area (Å²) >= 11 is 0. The summed E-state index contributed by atoms with van der Waals surface area (Å²) in [6.45, 7) is 1.70. The molecule has 1 aromatic carbocycles. The second-order valence-electron chi connectivity index (χ2n) is 6.50.